The summed E-state index contributed by atoms with van der Waals surface area (Å²) in [5.74, 6) is -0.840. The zero-order chi connectivity index (χ0) is 23.8. The molecule has 33 heavy (non-hydrogen) atoms. The summed E-state index contributed by atoms with van der Waals surface area (Å²) >= 11 is 0. The van der Waals surface area contributed by atoms with E-state index in [0.717, 1.165) is 24.0 Å². The van der Waals surface area contributed by atoms with Crippen LogP contribution in [0.25, 0.3) is 11.3 Å². The quantitative estimate of drug-likeness (QED) is 0.561. The molecule has 0 aliphatic heterocycles. The third-order valence-corrected chi connectivity index (χ3v) is 5.15. The van der Waals surface area contributed by atoms with E-state index in [4.69, 9.17) is 0 Å². The SMILES string of the molecule is O=C(N[C@@H]1CCCc2cnc(-c3ccnc(C(F)(F)F)c3)cc21)c1cncc(C(F)(F)F)n1. The number of carbonyl (C=O) groups is 1. The number of halogens is 6. The predicted octanol–water partition coefficient (Wildman–Crippen LogP) is 4.78. The fourth-order valence-corrected chi connectivity index (χ4v) is 3.58. The molecule has 4 rings (SSSR count). The third kappa shape index (κ3) is 4.94. The van der Waals surface area contributed by atoms with Crippen molar-refractivity contribution in [1.29, 1.82) is 0 Å². The Labute approximate surface area is 183 Å². The number of alkyl halides is 6. The van der Waals surface area contributed by atoms with Gasteiger partial charge in [-0.1, -0.05) is 0 Å². The van der Waals surface area contributed by atoms with Crippen LogP contribution in [0.15, 0.2) is 43.0 Å². The van der Waals surface area contributed by atoms with Crippen LogP contribution in [0, 0.1) is 0 Å². The Balaban J connectivity index is 1.62. The number of aromatic nitrogens is 4. The maximum absolute atomic E-state index is 13.0. The van der Waals surface area contributed by atoms with Gasteiger partial charge in [-0.15, -0.1) is 0 Å². The summed E-state index contributed by atoms with van der Waals surface area (Å²) < 4.78 is 77.7. The second-order valence-corrected chi connectivity index (χ2v) is 7.40. The minimum absolute atomic E-state index is 0.194. The molecule has 0 saturated heterocycles. The van der Waals surface area contributed by atoms with Gasteiger partial charge in [0, 0.05) is 18.0 Å². The topological polar surface area (TPSA) is 80.7 Å². The lowest BCUT2D eigenvalue weighted by Crippen LogP contribution is -2.32. The standard InChI is InChI=1S/C21H15F6N5O/c22-20(23,24)17-6-11(4-5-29-17)15-7-13-12(8-30-15)2-1-3-14(13)32-19(33)16-9-28-10-18(31-16)21(25,26)27/h4-10,14H,1-3H2,(H,32,33)/t14-/m1/s1. The van der Waals surface area contributed by atoms with Gasteiger partial charge in [-0.3, -0.25) is 19.7 Å². The molecule has 1 N–H and O–H groups in total. The molecule has 1 aliphatic carbocycles. The van der Waals surface area contributed by atoms with E-state index in [9.17, 15) is 31.1 Å². The van der Waals surface area contributed by atoms with Gasteiger partial charge in [0.1, 0.15) is 11.4 Å². The van der Waals surface area contributed by atoms with E-state index in [0.29, 0.717) is 31.0 Å². The van der Waals surface area contributed by atoms with Crippen LogP contribution in [0.3, 0.4) is 0 Å². The lowest BCUT2D eigenvalue weighted by molar-refractivity contribution is -0.142. The summed E-state index contributed by atoms with van der Waals surface area (Å²) in [6.07, 6.45) is -3.54. The fourth-order valence-electron chi connectivity index (χ4n) is 3.58. The molecular formula is C21H15F6N5O. The highest BCUT2D eigenvalue weighted by atomic mass is 19.4. The van der Waals surface area contributed by atoms with Gasteiger partial charge in [0.2, 0.25) is 0 Å². The number of fused-ring (bicyclic) bond motifs is 1. The fraction of sp³-hybridized carbons (Fsp3) is 0.286. The van der Waals surface area contributed by atoms with Crippen LogP contribution in [0.4, 0.5) is 26.3 Å². The van der Waals surface area contributed by atoms with E-state index in [-0.39, 0.29) is 11.3 Å². The first-order valence-corrected chi connectivity index (χ1v) is 9.75. The molecule has 3 aromatic rings. The molecule has 0 aromatic carbocycles. The van der Waals surface area contributed by atoms with Crippen molar-refractivity contribution in [3.05, 3.63) is 71.2 Å². The van der Waals surface area contributed by atoms with Crippen molar-refractivity contribution in [2.75, 3.05) is 0 Å². The number of carbonyl (C=O) groups excluding carboxylic acids is 1. The molecule has 172 valence electrons. The summed E-state index contributed by atoms with van der Waals surface area (Å²) in [4.78, 5) is 26.9. The minimum Gasteiger partial charge on any atom is -0.344 e. The van der Waals surface area contributed by atoms with E-state index < -0.39 is 41.4 Å². The van der Waals surface area contributed by atoms with E-state index in [1.165, 1.54) is 12.3 Å². The summed E-state index contributed by atoms with van der Waals surface area (Å²) in [5.41, 5.74) is -0.979. The largest absolute Gasteiger partial charge is 0.434 e. The normalized spacial score (nSPS) is 16.2. The Morgan fingerprint density at radius 3 is 2.45 bits per heavy atom. The number of aryl methyl sites for hydroxylation is 1. The summed E-state index contributed by atoms with van der Waals surface area (Å²) in [7, 11) is 0. The summed E-state index contributed by atoms with van der Waals surface area (Å²) in [6, 6.07) is 3.26. The van der Waals surface area contributed by atoms with Crippen LogP contribution in [-0.2, 0) is 18.8 Å². The molecular weight excluding hydrogens is 452 g/mol. The van der Waals surface area contributed by atoms with Crippen molar-refractivity contribution in [2.45, 2.75) is 37.7 Å². The van der Waals surface area contributed by atoms with Gasteiger partial charge in [-0.25, -0.2) is 4.98 Å². The van der Waals surface area contributed by atoms with E-state index >= 15 is 0 Å². The van der Waals surface area contributed by atoms with Gasteiger partial charge in [0.15, 0.2) is 5.69 Å². The highest BCUT2D eigenvalue weighted by Gasteiger charge is 2.34. The monoisotopic (exact) mass is 467 g/mol. The van der Waals surface area contributed by atoms with Gasteiger partial charge in [0.25, 0.3) is 5.91 Å². The molecule has 1 amide bonds. The first-order valence-electron chi connectivity index (χ1n) is 9.75. The molecule has 0 radical (unpaired) electrons. The van der Waals surface area contributed by atoms with Crippen molar-refractivity contribution in [3.8, 4) is 11.3 Å². The average Bonchev–Trinajstić information content (AvgIpc) is 2.78. The van der Waals surface area contributed by atoms with E-state index in [1.54, 1.807) is 6.07 Å². The van der Waals surface area contributed by atoms with Crippen LogP contribution in [-0.4, -0.2) is 25.8 Å². The molecule has 0 unspecified atom stereocenters. The molecule has 0 saturated carbocycles. The predicted molar refractivity (Wildman–Crippen MR) is 103 cm³/mol. The van der Waals surface area contributed by atoms with Crippen LogP contribution < -0.4 is 5.32 Å². The molecule has 6 nitrogen and oxygen atoms in total. The van der Waals surface area contributed by atoms with Gasteiger partial charge in [0.05, 0.1) is 24.1 Å². The Morgan fingerprint density at radius 2 is 1.73 bits per heavy atom. The second-order valence-electron chi connectivity index (χ2n) is 7.40. The second kappa shape index (κ2) is 8.41. The van der Waals surface area contributed by atoms with E-state index in [2.05, 4.69) is 25.3 Å². The molecule has 1 aliphatic rings. The first kappa shape index (κ1) is 22.6. The lowest BCUT2D eigenvalue weighted by atomic mass is 9.88. The molecule has 0 fully saturated rings. The number of hydrogen-bond acceptors (Lipinski definition) is 5. The van der Waals surface area contributed by atoms with Crippen molar-refractivity contribution in [3.63, 3.8) is 0 Å². The third-order valence-electron chi connectivity index (χ3n) is 5.15. The maximum Gasteiger partial charge on any atom is 0.434 e. The Hall–Kier alpha value is -3.57. The average molecular weight is 467 g/mol. The van der Waals surface area contributed by atoms with Crippen LogP contribution in [0.2, 0.25) is 0 Å². The zero-order valence-electron chi connectivity index (χ0n) is 16.7. The Morgan fingerprint density at radius 1 is 0.970 bits per heavy atom. The summed E-state index contributed by atoms with van der Waals surface area (Å²) in [5, 5.41) is 2.66. The highest BCUT2D eigenvalue weighted by molar-refractivity contribution is 5.92. The van der Waals surface area contributed by atoms with Crippen molar-refractivity contribution in [2.24, 2.45) is 0 Å². The number of pyridine rings is 2. The Kier molecular flexibility index (Phi) is 5.76. The van der Waals surface area contributed by atoms with Gasteiger partial charge < -0.3 is 5.32 Å². The summed E-state index contributed by atoms with van der Waals surface area (Å²) in [6.45, 7) is 0. The van der Waals surface area contributed by atoms with Gasteiger partial charge in [-0.05, 0) is 48.6 Å². The van der Waals surface area contributed by atoms with Crippen molar-refractivity contribution >= 4 is 5.91 Å². The van der Waals surface area contributed by atoms with Crippen LogP contribution in [0.5, 0.6) is 0 Å². The molecule has 12 heteroatoms. The molecule has 3 aromatic heterocycles. The highest BCUT2D eigenvalue weighted by Crippen LogP contribution is 2.34. The smallest absolute Gasteiger partial charge is 0.344 e. The number of rotatable bonds is 3. The van der Waals surface area contributed by atoms with Crippen molar-refractivity contribution < 1.29 is 31.1 Å². The number of nitrogens with one attached hydrogen (secondary N) is 1. The maximum atomic E-state index is 13.0. The van der Waals surface area contributed by atoms with Gasteiger partial charge in [-0.2, -0.15) is 26.3 Å². The lowest BCUT2D eigenvalue weighted by Gasteiger charge is -2.26. The Bertz CT molecular complexity index is 1190. The van der Waals surface area contributed by atoms with Gasteiger partial charge >= 0.3 is 12.4 Å². The number of hydrogen-bond donors (Lipinski definition) is 1. The minimum atomic E-state index is -4.75. The van der Waals surface area contributed by atoms with E-state index in [1.807, 2.05) is 0 Å². The first-order chi connectivity index (χ1) is 15.5. The molecule has 0 spiro atoms. The molecule has 0 bridgehead atoms. The molecule has 3 heterocycles. The number of amides is 1. The van der Waals surface area contributed by atoms with Crippen LogP contribution in [0.1, 0.15) is 51.9 Å². The molecule has 1 atom stereocenters. The zero-order valence-corrected chi connectivity index (χ0v) is 16.7. The van der Waals surface area contributed by atoms with Crippen LogP contribution >= 0.6 is 0 Å². The number of nitrogens with zero attached hydrogens (tertiary/aromatic N) is 4. The van der Waals surface area contributed by atoms with Crippen molar-refractivity contribution in [1.82, 2.24) is 25.3 Å².